The maximum atomic E-state index is 13.2. The zero-order chi connectivity index (χ0) is 19.6. The van der Waals surface area contributed by atoms with Gasteiger partial charge in [0.1, 0.15) is 5.82 Å². The van der Waals surface area contributed by atoms with Crippen LogP contribution in [0.1, 0.15) is 51.9 Å². The van der Waals surface area contributed by atoms with E-state index in [4.69, 9.17) is 4.98 Å². The van der Waals surface area contributed by atoms with E-state index in [2.05, 4.69) is 46.6 Å². The number of halogens is 1. The Bertz CT molecular complexity index is 838. The number of benzene rings is 1. The molecule has 0 amide bonds. The molecule has 0 bridgehead atoms. The van der Waals surface area contributed by atoms with Crippen LogP contribution in [0.5, 0.6) is 0 Å². The molecule has 1 fully saturated rings. The second-order valence-electron chi connectivity index (χ2n) is 7.64. The number of nitrogens with zero attached hydrogens (tertiary/aromatic N) is 4. The lowest BCUT2D eigenvalue weighted by Gasteiger charge is -2.31. The molecule has 148 valence electrons. The quantitative estimate of drug-likeness (QED) is 0.711. The molecule has 0 radical (unpaired) electrons. The molecule has 1 aliphatic heterocycles. The van der Waals surface area contributed by atoms with Crippen LogP contribution in [0, 0.1) is 0 Å². The minimum absolute atomic E-state index is 0.0696. The highest BCUT2D eigenvalue weighted by atomic mass is 79.9. The van der Waals surface area contributed by atoms with Gasteiger partial charge in [0, 0.05) is 36.7 Å². The van der Waals surface area contributed by atoms with Crippen LogP contribution in [0.3, 0.4) is 0 Å². The molecule has 2 atom stereocenters. The molecule has 1 aromatic heterocycles. The molecule has 6 heteroatoms. The average Bonchev–Trinajstić information content (AvgIpc) is 2.82. The van der Waals surface area contributed by atoms with Crippen LogP contribution in [0.2, 0.25) is 0 Å². The first-order chi connectivity index (χ1) is 13.0. The molecule has 5 nitrogen and oxygen atoms in total. The first-order valence-corrected chi connectivity index (χ1v) is 10.9. The summed E-state index contributed by atoms with van der Waals surface area (Å²) in [5, 5.41) is 0.689. The number of rotatable bonds is 5. The Labute approximate surface area is 170 Å². The molecular weight excluding hydrogens is 404 g/mol. The van der Waals surface area contributed by atoms with Crippen molar-refractivity contribution in [2.45, 2.75) is 58.7 Å². The number of fused-ring (bicyclic) bond motifs is 1. The van der Waals surface area contributed by atoms with Crippen molar-refractivity contribution in [1.29, 1.82) is 0 Å². The predicted molar refractivity (Wildman–Crippen MR) is 115 cm³/mol. The number of hydrogen-bond acceptors (Lipinski definition) is 4. The summed E-state index contributed by atoms with van der Waals surface area (Å²) in [7, 11) is 2.21. The van der Waals surface area contributed by atoms with Gasteiger partial charge in [-0.05, 0) is 51.9 Å². The molecule has 0 N–H and O–H groups in total. The molecule has 2 aromatic rings. The van der Waals surface area contributed by atoms with Gasteiger partial charge in [0.05, 0.1) is 16.9 Å². The van der Waals surface area contributed by atoms with Gasteiger partial charge in [0.25, 0.3) is 5.56 Å². The van der Waals surface area contributed by atoms with E-state index in [1.165, 1.54) is 0 Å². The van der Waals surface area contributed by atoms with Crippen molar-refractivity contribution in [2.24, 2.45) is 0 Å². The van der Waals surface area contributed by atoms with E-state index in [9.17, 15) is 4.79 Å². The van der Waals surface area contributed by atoms with Crippen molar-refractivity contribution in [3.63, 3.8) is 0 Å². The Morgan fingerprint density at radius 1 is 1.26 bits per heavy atom. The van der Waals surface area contributed by atoms with Gasteiger partial charge in [0.15, 0.2) is 0 Å². The van der Waals surface area contributed by atoms with Crippen LogP contribution in [-0.4, -0.2) is 52.1 Å². The average molecular weight is 435 g/mol. The maximum Gasteiger partial charge on any atom is 0.261 e. The smallest absolute Gasteiger partial charge is 0.261 e. The van der Waals surface area contributed by atoms with Crippen LogP contribution in [0.4, 0.5) is 0 Å². The third-order valence-electron chi connectivity index (χ3n) is 5.89. The van der Waals surface area contributed by atoms with Crippen molar-refractivity contribution >= 4 is 26.8 Å². The lowest BCUT2D eigenvalue weighted by Crippen LogP contribution is -2.37. The second-order valence-corrected chi connectivity index (χ2v) is 8.56. The first kappa shape index (κ1) is 20.5. The molecule has 0 aliphatic carbocycles. The molecule has 0 unspecified atom stereocenters. The highest BCUT2D eigenvalue weighted by Gasteiger charge is 2.28. The van der Waals surface area contributed by atoms with E-state index in [1.807, 2.05) is 29.7 Å². The van der Waals surface area contributed by atoms with Crippen LogP contribution in [0.15, 0.2) is 27.5 Å². The molecule has 3 rings (SSSR count). The summed E-state index contributed by atoms with van der Waals surface area (Å²) in [6.45, 7) is 10.3. The number of hydrogen-bond donors (Lipinski definition) is 0. The van der Waals surface area contributed by atoms with Gasteiger partial charge in [-0.25, -0.2) is 4.98 Å². The monoisotopic (exact) mass is 434 g/mol. The summed E-state index contributed by atoms with van der Waals surface area (Å²) in [4.78, 5) is 23.1. The molecule has 2 heterocycles. The van der Waals surface area contributed by atoms with Crippen LogP contribution in [0.25, 0.3) is 10.9 Å². The minimum atomic E-state index is 0.0696. The predicted octanol–water partition coefficient (Wildman–Crippen LogP) is 4.05. The summed E-state index contributed by atoms with van der Waals surface area (Å²) in [5.41, 5.74) is 0.865. The lowest BCUT2D eigenvalue weighted by atomic mass is 10.1. The zero-order valence-corrected chi connectivity index (χ0v) is 18.5. The van der Waals surface area contributed by atoms with Crippen LogP contribution >= 0.6 is 15.9 Å². The van der Waals surface area contributed by atoms with Gasteiger partial charge < -0.3 is 4.90 Å². The van der Waals surface area contributed by atoms with E-state index in [0.29, 0.717) is 18.0 Å². The first-order valence-electron chi connectivity index (χ1n) is 10.1. The SMILES string of the molecule is CCC[C@H](c1nc2ccc(Br)cc2c(=O)n1CC)N1CC[C@@H](C)N(C)CC1. The van der Waals surface area contributed by atoms with Gasteiger partial charge >= 0.3 is 0 Å². The summed E-state index contributed by atoms with van der Waals surface area (Å²) in [6.07, 6.45) is 3.24. The largest absolute Gasteiger partial charge is 0.302 e. The molecular formula is C21H31BrN4O. The normalized spacial score (nSPS) is 20.7. The third-order valence-corrected chi connectivity index (χ3v) is 6.38. The molecule has 1 saturated heterocycles. The Hall–Kier alpha value is -1.24. The van der Waals surface area contributed by atoms with E-state index >= 15 is 0 Å². The molecule has 0 spiro atoms. The van der Waals surface area contributed by atoms with Gasteiger partial charge in [-0.1, -0.05) is 29.3 Å². The third kappa shape index (κ3) is 4.28. The van der Waals surface area contributed by atoms with Crippen molar-refractivity contribution in [3.05, 3.63) is 38.9 Å². The molecule has 27 heavy (non-hydrogen) atoms. The van der Waals surface area contributed by atoms with E-state index in [-0.39, 0.29) is 11.6 Å². The maximum absolute atomic E-state index is 13.2. The highest BCUT2D eigenvalue weighted by molar-refractivity contribution is 9.10. The second kappa shape index (κ2) is 8.84. The van der Waals surface area contributed by atoms with Crippen molar-refractivity contribution in [2.75, 3.05) is 26.7 Å². The topological polar surface area (TPSA) is 41.4 Å². The summed E-state index contributed by atoms with van der Waals surface area (Å²) < 4.78 is 2.80. The van der Waals surface area contributed by atoms with Gasteiger partial charge in [0.2, 0.25) is 0 Å². The van der Waals surface area contributed by atoms with Crippen molar-refractivity contribution < 1.29 is 0 Å². The Morgan fingerprint density at radius 3 is 2.74 bits per heavy atom. The van der Waals surface area contributed by atoms with Gasteiger partial charge in [-0.15, -0.1) is 0 Å². The minimum Gasteiger partial charge on any atom is -0.302 e. The number of aromatic nitrogens is 2. The summed E-state index contributed by atoms with van der Waals surface area (Å²) in [5.74, 6) is 0.927. The fourth-order valence-corrected chi connectivity index (χ4v) is 4.38. The Morgan fingerprint density at radius 2 is 2.04 bits per heavy atom. The van der Waals surface area contributed by atoms with Crippen LogP contribution < -0.4 is 5.56 Å². The molecule has 1 aliphatic rings. The molecule has 1 aromatic carbocycles. The zero-order valence-electron chi connectivity index (χ0n) is 16.9. The van der Waals surface area contributed by atoms with Crippen molar-refractivity contribution in [1.82, 2.24) is 19.4 Å². The van der Waals surface area contributed by atoms with Gasteiger partial charge in [-0.2, -0.15) is 0 Å². The van der Waals surface area contributed by atoms with E-state index in [1.54, 1.807) is 0 Å². The van der Waals surface area contributed by atoms with Crippen molar-refractivity contribution in [3.8, 4) is 0 Å². The number of likely N-dealkylation sites (N-methyl/N-ethyl adjacent to an activating group) is 1. The Kier molecular flexibility index (Phi) is 6.71. The Balaban J connectivity index is 2.08. The standard InChI is InChI=1S/C21H31BrN4O/c1-5-7-19(25-11-10-15(3)24(4)12-13-25)20-23-18-9-8-16(22)14-17(18)21(27)26(20)6-2/h8-9,14-15,19H,5-7,10-13H2,1-4H3/t15-,19-/m1/s1. The van der Waals surface area contributed by atoms with Gasteiger partial charge in [-0.3, -0.25) is 14.3 Å². The summed E-state index contributed by atoms with van der Waals surface area (Å²) >= 11 is 3.48. The van der Waals surface area contributed by atoms with Crippen LogP contribution in [-0.2, 0) is 6.54 Å². The fourth-order valence-electron chi connectivity index (χ4n) is 4.02. The fraction of sp³-hybridized carbons (Fsp3) is 0.619. The lowest BCUT2D eigenvalue weighted by molar-refractivity contribution is 0.180. The van der Waals surface area contributed by atoms with E-state index in [0.717, 1.165) is 54.7 Å². The highest BCUT2D eigenvalue weighted by Crippen LogP contribution is 2.27. The molecule has 0 saturated carbocycles. The van der Waals surface area contributed by atoms with E-state index < -0.39 is 0 Å². The summed E-state index contributed by atoms with van der Waals surface area (Å²) in [6, 6.07) is 6.58.